The Labute approximate surface area is 160 Å². The molecule has 2 rings (SSSR count). The zero-order valence-corrected chi connectivity index (χ0v) is 16.5. The second-order valence-corrected chi connectivity index (χ2v) is 6.99. The van der Waals surface area contributed by atoms with Crippen LogP contribution in [0.5, 0.6) is 11.5 Å². The van der Waals surface area contributed by atoms with Crippen LogP contribution in [0, 0.1) is 11.8 Å². The summed E-state index contributed by atoms with van der Waals surface area (Å²) in [4.78, 5) is 24.0. The van der Waals surface area contributed by atoms with Gasteiger partial charge >= 0.3 is 5.97 Å². The van der Waals surface area contributed by atoms with Gasteiger partial charge in [-0.2, -0.15) is 0 Å². The number of carbonyl (C=O) groups is 2. The summed E-state index contributed by atoms with van der Waals surface area (Å²) in [6.07, 6.45) is 6.13. The SMILES string of the molecule is COc1ccc(OC)c(/C=C/C(=O)OCC(=O)N[C@H]2CCC[C@@H](C)[C@H]2C)c1. The molecule has 27 heavy (non-hydrogen) atoms. The minimum absolute atomic E-state index is 0.150. The summed E-state index contributed by atoms with van der Waals surface area (Å²) in [6, 6.07) is 5.42. The van der Waals surface area contributed by atoms with E-state index in [1.165, 1.54) is 12.5 Å². The predicted octanol–water partition coefficient (Wildman–Crippen LogP) is 3.20. The normalized spacial score (nSPS) is 22.3. The van der Waals surface area contributed by atoms with Crippen molar-refractivity contribution in [1.29, 1.82) is 0 Å². The van der Waals surface area contributed by atoms with Crippen LogP contribution in [0.25, 0.3) is 6.08 Å². The molecular weight excluding hydrogens is 346 g/mol. The van der Waals surface area contributed by atoms with Gasteiger partial charge in [-0.25, -0.2) is 4.79 Å². The zero-order chi connectivity index (χ0) is 19.8. The van der Waals surface area contributed by atoms with Gasteiger partial charge in [-0.05, 0) is 42.5 Å². The maximum absolute atomic E-state index is 12.1. The van der Waals surface area contributed by atoms with Gasteiger partial charge in [0.05, 0.1) is 14.2 Å². The molecule has 1 amide bonds. The number of hydrogen-bond donors (Lipinski definition) is 1. The Hall–Kier alpha value is -2.50. The van der Waals surface area contributed by atoms with E-state index in [1.807, 2.05) is 0 Å². The smallest absolute Gasteiger partial charge is 0.331 e. The standard InChI is InChI=1S/C21H29NO5/c1-14-6-5-7-18(15(14)2)22-20(23)13-27-21(24)11-8-16-12-17(25-3)9-10-19(16)26-4/h8-12,14-15,18H,5-7,13H2,1-4H3,(H,22,23)/b11-8+/t14-,15-,18+/m1/s1. The number of methoxy groups -OCH3 is 2. The molecule has 148 valence electrons. The second-order valence-electron chi connectivity index (χ2n) is 6.99. The van der Waals surface area contributed by atoms with Crippen molar-refractivity contribution in [3.8, 4) is 11.5 Å². The monoisotopic (exact) mass is 375 g/mol. The summed E-state index contributed by atoms with van der Waals surface area (Å²) >= 11 is 0. The molecule has 1 aliphatic carbocycles. The molecule has 0 radical (unpaired) electrons. The molecule has 1 N–H and O–H groups in total. The van der Waals surface area contributed by atoms with Gasteiger partial charge < -0.3 is 19.5 Å². The van der Waals surface area contributed by atoms with Crippen molar-refractivity contribution in [3.05, 3.63) is 29.8 Å². The minimum atomic E-state index is -0.583. The van der Waals surface area contributed by atoms with Crippen molar-refractivity contribution < 1.29 is 23.8 Å². The molecule has 0 heterocycles. The highest BCUT2D eigenvalue weighted by Gasteiger charge is 2.28. The molecule has 6 nitrogen and oxygen atoms in total. The molecule has 0 aromatic heterocycles. The minimum Gasteiger partial charge on any atom is -0.497 e. The molecule has 1 aromatic rings. The van der Waals surface area contributed by atoms with Crippen molar-refractivity contribution in [2.24, 2.45) is 11.8 Å². The largest absolute Gasteiger partial charge is 0.497 e. The molecular formula is C21H29NO5. The summed E-state index contributed by atoms with van der Waals surface area (Å²) in [5.74, 6) is 1.44. The highest BCUT2D eigenvalue weighted by atomic mass is 16.5. The molecule has 6 heteroatoms. The van der Waals surface area contributed by atoms with E-state index in [2.05, 4.69) is 19.2 Å². The maximum atomic E-state index is 12.1. The van der Waals surface area contributed by atoms with E-state index in [-0.39, 0.29) is 18.6 Å². The van der Waals surface area contributed by atoms with Crippen LogP contribution in [0.4, 0.5) is 0 Å². The van der Waals surface area contributed by atoms with Gasteiger partial charge in [-0.1, -0.05) is 26.7 Å². The van der Waals surface area contributed by atoms with E-state index in [0.717, 1.165) is 12.8 Å². The van der Waals surface area contributed by atoms with E-state index in [1.54, 1.807) is 38.5 Å². The highest BCUT2D eigenvalue weighted by molar-refractivity contribution is 5.89. The van der Waals surface area contributed by atoms with Crippen LogP contribution in [-0.2, 0) is 14.3 Å². The Morgan fingerprint density at radius 2 is 1.96 bits per heavy atom. The lowest BCUT2D eigenvalue weighted by Crippen LogP contribution is -2.45. The van der Waals surface area contributed by atoms with E-state index >= 15 is 0 Å². The van der Waals surface area contributed by atoms with Crippen molar-refractivity contribution in [1.82, 2.24) is 5.32 Å². The van der Waals surface area contributed by atoms with Crippen molar-refractivity contribution >= 4 is 18.0 Å². The van der Waals surface area contributed by atoms with Gasteiger partial charge in [-0.15, -0.1) is 0 Å². The maximum Gasteiger partial charge on any atom is 0.331 e. The first kappa shape index (κ1) is 20.8. The number of ether oxygens (including phenoxy) is 3. The summed E-state index contributed by atoms with van der Waals surface area (Å²) in [5.41, 5.74) is 0.684. The van der Waals surface area contributed by atoms with E-state index in [0.29, 0.717) is 28.9 Å². The molecule has 1 aliphatic rings. The molecule has 1 fully saturated rings. The van der Waals surface area contributed by atoms with Gasteiger partial charge in [-0.3, -0.25) is 4.79 Å². The molecule has 1 saturated carbocycles. The third kappa shape index (κ3) is 6.01. The first-order valence-corrected chi connectivity index (χ1v) is 9.30. The van der Waals surface area contributed by atoms with Gasteiger partial charge in [0.25, 0.3) is 5.91 Å². The van der Waals surface area contributed by atoms with Crippen LogP contribution >= 0.6 is 0 Å². The average Bonchev–Trinajstić information content (AvgIpc) is 2.68. The Morgan fingerprint density at radius 3 is 2.67 bits per heavy atom. The lowest BCUT2D eigenvalue weighted by Gasteiger charge is -2.34. The fraction of sp³-hybridized carbons (Fsp3) is 0.524. The number of carbonyl (C=O) groups excluding carboxylic acids is 2. The van der Waals surface area contributed by atoms with E-state index in [9.17, 15) is 9.59 Å². The number of esters is 1. The molecule has 0 spiro atoms. The van der Waals surface area contributed by atoms with Gasteiger partial charge in [0.15, 0.2) is 6.61 Å². The fourth-order valence-corrected chi connectivity index (χ4v) is 3.35. The number of hydrogen-bond acceptors (Lipinski definition) is 5. The van der Waals surface area contributed by atoms with Crippen LogP contribution in [-0.4, -0.2) is 38.7 Å². The van der Waals surface area contributed by atoms with Crippen LogP contribution in [0.1, 0.15) is 38.7 Å². The van der Waals surface area contributed by atoms with Crippen molar-refractivity contribution in [2.75, 3.05) is 20.8 Å². The first-order valence-electron chi connectivity index (χ1n) is 9.30. The number of benzene rings is 1. The van der Waals surface area contributed by atoms with Gasteiger partial charge in [0, 0.05) is 17.7 Å². The first-order chi connectivity index (χ1) is 12.9. The quantitative estimate of drug-likeness (QED) is 0.585. The molecule has 0 saturated heterocycles. The predicted molar refractivity (Wildman–Crippen MR) is 104 cm³/mol. The summed E-state index contributed by atoms with van der Waals surface area (Å²) < 4.78 is 15.5. The number of amides is 1. The lowest BCUT2D eigenvalue weighted by molar-refractivity contribution is -0.144. The van der Waals surface area contributed by atoms with Crippen LogP contribution in [0.3, 0.4) is 0 Å². The topological polar surface area (TPSA) is 73.9 Å². The number of rotatable bonds is 7. The Balaban J connectivity index is 1.85. The summed E-state index contributed by atoms with van der Waals surface area (Å²) in [7, 11) is 3.12. The van der Waals surface area contributed by atoms with Crippen molar-refractivity contribution in [2.45, 2.75) is 39.2 Å². The second kappa shape index (κ2) is 10.00. The zero-order valence-electron chi connectivity index (χ0n) is 16.5. The third-order valence-electron chi connectivity index (χ3n) is 5.23. The van der Waals surface area contributed by atoms with Crippen LogP contribution < -0.4 is 14.8 Å². The summed E-state index contributed by atoms with van der Waals surface area (Å²) in [5, 5.41) is 2.98. The van der Waals surface area contributed by atoms with E-state index < -0.39 is 5.97 Å². The molecule has 0 bridgehead atoms. The molecule has 0 aliphatic heterocycles. The lowest BCUT2D eigenvalue weighted by atomic mass is 9.78. The van der Waals surface area contributed by atoms with E-state index in [4.69, 9.17) is 14.2 Å². The third-order valence-corrected chi connectivity index (χ3v) is 5.23. The fourth-order valence-electron chi connectivity index (χ4n) is 3.35. The number of nitrogens with one attached hydrogen (secondary N) is 1. The Morgan fingerprint density at radius 1 is 1.19 bits per heavy atom. The van der Waals surface area contributed by atoms with Crippen molar-refractivity contribution in [3.63, 3.8) is 0 Å². The molecule has 0 unspecified atom stereocenters. The van der Waals surface area contributed by atoms with Crippen LogP contribution in [0.15, 0.2) is 24.3 Å². The Bertz CT molecular complexity index is 685. The van der Waals surface area contributed by atoms with Gasteiger partial charge in [0.1, 0.15) is 11.5 Å². The Kier molecular flexibility index (Phi) is 7.70. The molecule has 1 aromatic carbocycles. The molecule has 3 atom stereocenters. The summed E-state index contributed by atoms with van der Waals surface area (Å²) in [6.45, 7) is 4.09. The average molecular weight is 375 g/mol. The van der Waals surface area contributed by atoms with Gasteiger partial charge in [0.2, 0.25) is 0 Å². The van der Waals surface area contributed by atoms with Crippen LogP contribution in [0.2, 0.25) is 0 Å². The highest BCUT2D eigenvalue weighted by Crippen LogP contribution is 2.29.